The van der Waals surface area contributed by atoms with Gasteiger partial charge in [-0.1, -0.05) is 6.07 Å². The molecule has 2 aromatic rings. The molecule has 4 nitrogen and oxygen atoms in total. The Hall–Kier alpha value is -1.97. The molecule has 0 aliphatic heterocycles. The zero-order valence-electron chi connectivity index (χ0n) is 12.7. The molecule has 0 radical (unpaired) electrons. The van der Waals surface area contributed by atoms with Gasteiger partial charge in [-0.25, -0.2) is 4.79 Å². The third kappa shape index (κ3) is 2.79. The van der Waals surface area contributed by atoms with Crippen LogP contribution in [0.3, 0.4) is 0 Å². The van der Waals surface area contributed by atoms with Crippen LogP contribution in [0, 0.1) is 6.92 Å². The number of fused-ring (bicyclic) bond motifs is 1. The second-order valence-corrected chi connectivity index (χ2v) is 5.07. The van der Waals surface area contributed by atoms with Gasteiger partial charge in [0.25, 0.3) is 0 Å². The maximum absolute atomic E-state index is 11.9. The van der Waals surface area contributed by atoms with Crippen molar-refractivity contribution in [2.45, 2.75) is 27.3 Å². The monoisotopic (exact) mass is 273 g/mol. The summed E-state index contributed by atoms with van der Waals surface area (Å²) in [6.07, 6.45) is 0. The second kappa shape index (κ2) is 5.99. The number of carbonyl (C=O) groups excluding carboxylic acids is 1. The largest absolute Gasteiger partial charge is 0.348 e. The number of amides is 2. The molecule has 108 valence electrons. The lowest BCUT2D eigenvalue weighted by atomic mass is 10.1. The summed E-state index contributed by atoms with van der Waals surface area (Å²) >= 11 is 0. The van der Waals surface area contributed by atoms with Gasteiger partial charge in [0, 0.05) is 43.3 Å². The van der Waals surface area contributed by atoms with Crippen molar-refractivity contribution in [3.8, 4) is 0 Å². The van der Waals surface area contributed by atoms with E-state index in [2.05, 4.69) is 48.1 Å². The Bertz CT molecular complexity index is 611. The zero-order valence-corrected chi connectivity index (χ0v) is 12.7. The van der Waals surface area contributed by atoms with Gasteiger partial charge in [-0.3, -0.25) is 0 Å². The van der Waals surface area contributed by atoms with Crippen molar-refractivity contribution in [2.24, 2.45) is 7.05 Å². The standard InChI is InChI=1S/C16H23N3O/c1-5-19(6-2)16(20)17-11-13-7-8-15-14(10-13)9-12(3)18(15)4/h7-10H,5-6,11H2,1-4H3,(H,17,20). The van der Waals surface area contributed by atoms with E-state index in [4.69, 9.17) is 0 Å². The molecule has 0 unspecified atom stereocenters. The molecule has 0 saturated heterocycles. The first kappa shape index (κ1) is 14.4. The summed E-state index contributed by atoms with van der Waals surface area (Å²) in [5, 5.41) is 4.19. The number of nitrogens with zero attached hydrogens (tertiary/aromatic N) is 2. The lowest BCUT2D eigenvalue weighted by Gasteiger charge is -2.19. The third-order valence-corrected chi connectivity index (χ3v) is 3.84. The van der Waals surface area contributed by atoms with Crippen molar-refractivity contribution in [3.63, 3.8) is 0 Å². The van der Waals surface area contributed by atoms with E-state index >= 15 is 0 Å². The molecule has 0 aliphatic rings. The van der Waals surface area contributed by atoms with E-state index in [-0.39, 0.29) is 6.03 Å². The third-order valence-electron chi connectivity index (χ3n) is 3.84. The maximum atomic E-state index is 11.9. The van der Waals surface area contributed by atoms with Gasteiger partial charge in [0.2, 0.25) is 0 Å². The number of rotatable bonds is 4. The van der Waals surface area contributed by atoms with Crippen LogP contribution in [-0.4, -0.2) is 28.6 Å². The molecule has 0 bridgehead atoms. The Balaban J connectivity index is 2.09. The van der Waals surface area contributed by atoms with Crippen LogP contribution in [0.25, 0.3) is 10.9 Å². The summed E-state index contributed by atoms with van der Waals surface area (Å²) in [6, 6.07) is 8.50. The predicted molar refractivity (Wildman–Crippen MR) is 82.8 cm³/mol. The van der Waals surface area contributed by atoms with Crippen LogP contribution >= 0.6 is 0 Å². The number of hydrogen-bond acceptors (Lipinski definition) is 1. The Kier molecular flexibility index (Phi) is 4.32. The smallest absolute Gasteiger partial charge is 0.317 e. The number of urea groups is 1. The lowest BCUT2D eigenvalue weighted by Crippen LogP contribution is -2.39. The van der Waals surface area contributed by atoms with Gasteiger partial charge >= 0.3 is 6.03 Å². The van der Waals surface area contributed by atoms with Crippen LogP contribution in [0.5, 0.6) is 0 Å². The quantitative estimate of drug-likeness (QED) is 0.913. The molecule has 2 rings (SSSR count). The molecule has 0 aliphatic carbocycles. The topological polar surface area (TPSA) is 37.3 Å². The molecule has 20 heavy (non-hydrogen) atoms. The first-order valence-electron chi connectivity index (χ1n) is 7.14. The Morgan fingerprint density at radius 1 is 1.25 bits per heavy atom. The predicted octanol–water partition coefficient (Wildman–Crippen LogP) is 3.04. The van der Waals surface area contributed by atoms with Gasteiger partial charge in [-0.15, -0.1) is 0 Å². The van der Waals surface area contributed by atoms with Crippen LogP contribution < -0.4 is 5.32 Å². The summed E-state index contributed by atoms with van der Waals surface area (Å²) in [6.45, 7) is 8.11. The van der Waals surface area contributed by atoms with E-state index in [0.29, 0.717) is 6.54 Å². The first-order valence-corrected chi connectivity index (χ1v) is 7.14. The van der Waals surface area contributed by atoms with Crippen molar-refractivity contribution in [1.29, 1.82) is 0 Å². The molecule has 0 atom stereocenters. The van der Waals surface area contributed by atoms with E-state index in [1.165, 1.54) is 16.6 Å². The Morgan fingerprint density at radius 3 is 2.60 bits per heavy atom. The van der Waals surface area contributed by atoms with Gasteiger partial charge in [0.1, 0.15) is 0 Å². The average molecular weight is 273 g/mol. The molecular formula is C16H23N3O. The molecule has 1 heterocycles. The SMILES string of the molecule is CCN(CC)C(=O)NCc1ccc2c(c1)cc(C)n2C. The molecule has 2 amide bonds. The van der Waals surface area contributed by atoms with Crippen molar-refractivity contribution >= 4 is 16.9 Å². The van der Waals surface area contributed by atoms with E-state index in [9.17, 15) is 4.79 Å². The fourth-order valence-electron chi connectivity index (χ4n) is 2.45. The highest BCUT2D eigenvalue weighted by Crippen LogP contribution is 2.19. The average Bonchev–Trinajstić information content (AvgIpc) is 2.73. The van der Waals surface area contributed by atoms with E-state index in [1.54, 1.807) is 4.90 Å². The number of hydrogen-bond donors (Lipinski definition) is 1. The highest BCUT2D eigenvalue weighted by Gasteiger charge is 2.09. The zero-order chi connectivity index (χ0) is 14.7. The summed E-state index contributed by atoms with van der Waals surface area (Å²) < 4.78 is 2.17. The normalized spacial score (nSPS) is 10.8. The second-order valence-electron chi connectivity index (χ2n) is 5.07. The Labute approximate surface area is 120 Å². The Morgan fingerprint density at radius 2 is 1.95 bits per heavy atom. The molecule has 1 aromatic carbocycles. The fourth-order valence-corrected chi connectivity index (χ4v) is 2.45. The van der Waals surface area contributed by atoms with Crippen molar-refractivity contribution in [3.05, 3.63) is 35.5 Å². The minimum atomic E-state index is -0.000612. The minimum absolute atomic E-state index is 0.000612. The van der Waals surface area contributed by atoms with E-state index in [1.807, 2.05) is 13.8 Å². The highest BCUT2D eigenvalue weighted by molar-refractivity contribution is 5.82. The summed E-state index contributed by atoms with van der Waals surface area (Å²) in [7, 11) is 2.07. The first-order chi connectivity index (χ1) is 9.56. The van der Waals surface area contributed by atoms with Gasteiger partial charge in [-0.05, 0) is 44.5 Å². The van der Waals surface area contributed by atoms with Crippen LogP contribution in [0.2, 0.25) is 0 Å². The lowest BCUT2D eigenvalue weighted by molar-refractivity contribution is 0.203. The summed E-state index contributed by atoms with van der Waals surface area (Å²) in [5.41, 5.74) is 3.59. The molecular weight excluding hydrogens is 250 g/mol. The van der Waals surface area contributed by atoms with Crippen molar-refractivity contribution in [2.75, 3.05) is 13.1 Å². The van der Waals surface area contributed by atoms with Crippen LogP contribution in [-0.2, 0) is 13.6 Å². The molecule has 1 aromatic heterocycles. The number of nitrogens with one attached hydrogen (secondary N) is 1. The molecule has 0 spiro atoms. The van der Waals surface area contributed by atoms with Gasteiger partial charge < -0.3 is 14.8 Å². The van der Waals surface area contributed by atoms with Gasteiger partial charge in [0.05, 0.1) is 0 Å². The molecule has 4 heteroatoms. The van der Waals surface area contributed by atoms with Gasteiger partial charge in [0.15, 0.2) is 0 Å². The number of carbonyl (C=O) groups is 1. The highest BCUT2D eigenvalue weighted by atomic mass is 16.2. The molecule has 0 saturated carbocycles. The van der Waals surface area contributed by atoms with Crippen LogP contribution in [0.4, 0.5) is 4.79 Å². The summed E-state index contributed by atoms with van der Waals surface area (Å²) in [4.78, 5) is 13.7. The number of aromatic nitrogens is 1. The molecule has 1 N–H and O–H groups in total. The molecule has 0 fully saturated rings. The fraction of sp³-hybridized carbons (Fsp3) is 0.438. The van der Waals surface area contributed by atoms with Crippen LogP contribution in [0.15, 0.2) is 24.3 Å². The van der Waals surface area contributed by atoms with Crippen molar-refractivity contribution < 1.29 is 4.79 Å². The van der Waals surface area contributed by atoms with Crippen molar-refractivity contribution in [1.82, 2.24) is 14.8 Å². The van der Waals surface area contributed by atoms with E-state index < -0.39 is 0 Å². The maximum Gasteiger partial charge on any atom is 0.317 e. The summed E-state index contributed by atoms with van der Waals surface area (Å²) in [5.74, 6) is 0. The number of aryl methyl sites for hydroxylation is 2. The minimum Gasteiger partial charge on any atom is -0.348 e. The van der Waals surface area contributed by atoms with Crippen LogP contribution in [0.1, 0.15) is 25.1 Å². The number of benzene rings is 1. The van der Waals surface area contributed by atoms with Gasteiger partial charge in [-0.2, -0.15) is 0 Å². The van der Waals surface area contributed by atoms with E-state index in [0.717, 1.165) is 18.7 Å².